The molecule has 2 aromatic carbocycles. The number of carboxylic acid groups (broad SMARTS) is 1. The Kier molecular flexibility index (Phi) is 5.29. The Morgan fingerprint density at radius 1 is 1.00 bits per heavy atom. The van der Waals surface area contributed by atoms with Crippen molar-refractivity contribution in [3.63, 3.8) is 0 Å². The maximum Gasteiger partial charge on any atom is 0.335 e. The van der Waals surface area contributed by atoms with Gasteiger partial charge in [-0.1, -0.05) is 12.1 Å². The van der Waals surface area contributed by atoms with Gasteiger partial charge in [0.25, 0.3) is 0 Å². The number of carboxylic acids is 1. The minimum atomic E-state index is -1.78. The van der Waals surface area contributed by atoms with Gasteiger partial charge in [0.1, 0.15) is 24.1 Å². The second-order valence-electron chi connectivity index (χ2n) is 6.26. The van der Waals surface area contributed by atoms with Gasteiger partial charge in [-0.2, -0.15) is 0 Å². The lowest BCUT2D eigenvalue weighted by atomic mass is 9.99. The maximum absolute atomic E-state index is 11.1. The standard InChI is InChI=1S/C18H19NO8/c1-8(20)19-11-4-2-10-7-12(5-3-9(10)6-11)26-18-15(23)13(21)14(22)16(27-18)17(24)25/h2-7,13-16,18,21-23H,1H3,(H,19,20)(H,24,25). The number of anilines is 1. The van der Waals surface area contributed by atoms with Crippen molar-refractivity contribution in [3.8, 4) is 5.75 Å². The molecule has 1 fully saturated rings. The number of ether oxygens (including phenoxy) is 2. The van der Waals surface area contributed by atoms with E-state index in [1.165, 1.54) is 6.92 Å². The van der Waals surface area contributed by atoms with Crippen LogP contribution in [0.25, 0.3) is 10.8 Å². The molecule has 1 saturated heterocycles. The van der Waals surface area contributed by atoms with Crippen molar-refractivity contribution in [2.24, 2.45) is 0 Å². The SMILES string of the molecule is CC(=O)Nc1ccc2cc(OC3OC(C(=O)O)C(O)C(O)C3O)ccc2c1. The number of aliphatic hydroxyl groups is 3. The zero-order valence-corrected chi connectivity index (χ0v) is 14.3. The van der Waals surface area contributed by atoms with Crippen LogP contribution in [0, 0.1) is 0 Å². The Bertz CT molecular complexity index is 870. The van der Waals surface area contributed by atoms with Crippen molar-refractivity contribution in [3.05, 3.63) is 36.4 Å². The molecule has 0 bridgehead atoms. The first kappa shape index (κ1) is 19.1. The number of carbonyl (C=O) groups is 2. The van der Waals surface area contributed by atoms with Gasteiger partial charge in [-0.25, -0.2) is 4.79 Å². The number of benzene rings is 2. The fraction of sp³-hybridized carbons (Fsp3) is 0.333. The van der Waals surface area contributed by atoms with Gasteiger partial charge in [0.05, 0.1) is 0 Å². The van der Waals surface area contributed by atoms with Crippen molar-refractivity contribution < 1.29 is 39.5 Å². The second kappa shape index (κ2) is 7.49. The predicted octanol–water partition coefficient (Wildman–Crippen LogP) is 0.0692. The van der Waals surface area contributed by atoms with E-state index in [4.69, 9.17) is 14.6 Å². The molecule has 27 heavy (non-hydrogen) atoms. The van der Waals surface area contributed by atoms with E-state index in [1.54, 1.807) is 36.4 Å². The van der Waals surface area contributed by atoms with Gasteiger partial charge in [-0.3, -0.25) is 4.79 Å². The Hall–Kier alpha value is -2.72. The summed E-state index contributed by atoms with van der Waals surface area (Å²) in [5, 5.41) is 42.9. The van der Waals surface area contributed by atoms with E-state index in [9.17, 15) is 24.9 Å². The molecule has 0 spiro atoms. The third kappa shape index (κ3) is 4.01. The van der Waals surface area contributed by atoms with Crippen LogP contribution >= 0.6 is 0 Å². The van der Waals surface area contributed by atoms with Gasteiger partial charge >= 0.3 is 5.97 Å². The lowest BCUT2D eigenvalue weighted by Crippen LogP contribution is -2.61. The van der Waals surface area contributed by atoms with Gasteiger partial charge in [-0.05, 0) is 35.0 Å². The normalized spacial score (nSPS) is 27.9. The number of nitrogens with one attached hydrogen (secondary N) is 1. The number of hydrogen-bond donors (Lipinski definition) is 5. The molecule has 2 aromatic rings. The van der Waals surface area contributed by atoms with Crippen LogP contribution in [0.5, 0.6) is 5.75 Å². The van der Waals surface area contributed by atoms with Crippen LogP contribution in [0.2, 0.25) is 0 Å². The average Bonchev–Trinajstić information content (AvgIpc) is 2.61. The number of amides is 1. The smallest absolute Gasteiger partial charge is 0.335 e. The summed E-state index contributed by atoms with van der Waals surface area (Å²) in [6.45, 7) is 1.41. The predicted molar refractivity (Wildman–Crippen MR) is 93.2 cm³/mol. The largest absolute Gasteiger partial charge is 0.479 e. The highest BCUT2D eigenvalue weighted by molar-refractivity contribution is 5.93. The highest BCUT2D eigenvalue weighted by Crippen LogP contribution is 2.28. The molecular formula is C18H19NO8. The summed E-state index contributed by atoms with van der Waals surface area (Å²) in [7, 11) is 0. The number of rotatable bonds is 4. The van der Waals surface area contributed by atoms with Gasteiger partial charge in [0.15, 0.2) is 6.10 Å². The fourth-order valence-electron chi connectivity index (χ4n) is 2.86. The minimum Gasteiger partial charge on any atom is -0.479 e. The van der Waals surface area contributed by atoms with Gasteiger partial charge in [0.2, 0.25) is 12.2 Å². The first-order valence-corrected chi connectivity index (χ1v) is 8.17. The molecular weight excluding hydrogens is 358 g/mol. The number of aliphatic hydroxyl groups excluding tert-OH is 3. The Morgan fingerprint density at radius 3 is 2.33 bits per heavy atom. The Labute approximate surface area is 153 Å². The molecule has 144 valence electrons. The fourth-order valence-corrected chi connectivity index (χ4v) is 2.86. The molecule has 5 unspecified atom stereocenters. The number of carbonyl (C=O) groups excluding carboxylic acids is 1. The quantitative estimate of drug-likeness (QED) is 0.503. The summed E-state index contributed by atoms with van der Waals surface area (Å²) in [5.74, 6) is -1.40. The molecule has 0 aliphatic carbocycles. The molecule has 1 heterocycles. The van der Waals surface area contributed by atoms with Crippen LogP contribution in [0.1, 0.15) is 6.92 Å². The molecule has 1 aliphatic heterocycles. The molecule has 1 aliphatic rings. The minimum absolute atomic E-state index is 0.188. The van der Waals surface area contributed by atoms with Crippen LogP contribution in [0.4, 0.5) is 5.69 Å². The Morgan fingerprint density at radius 2 is 1.67 bits per heavy atom. The monoisotopic (exact) mass is 377 g/mol. The van der Waals surface area contributed by atoms with E-state index in [-0.39, 0.29) is 11.7 Å². The Balaban J connectivity index is 1.81. The number of fused-ring (bicyclic) bond motifs is 1. The van der Waals surface area contributed by atoms with Crippen LogP contribution in [-0.4, -0.2) is 63.0 Å². The molecule has 0 saturated carbocycles. The topological polar surface area (TPSA) is 146 Å². The van der Waals surface area contributed by atoms with Crippen molar-refractivity contribution in [1.29, 1.82) is 0 Å². The molecule has 0 radical (unpaired) electrons. The average molecular weight is 377 g/mol. The van der Waals surface area contributed by atoms with Gasteiger partial charge in [0, 0.05) is 12.6 Å². The molecule has 5 atom stereocenters. The zero-order valence-electron chi connectivity index (χ0n) is 14.3. The summed E-state index contributed by atoms with van der Waals surface area (Å²) < 4.78 is 10.6. The summed E-state index contributed by atoms with van der Waals surface area (Å²) in [5.41, 5.74) is 0.635. The van der Waals surface area contributed by atoms with Crippen molar-refractivity contribution in [1.82, 2.24) is 0 Å². The summed E-state index contributed by atoms with van der Waals surface area (Å²) in [6.07, 6.45) is -8.34. The first-order valence-electron chi connectivity index (χ1n) is 8.17. The van der Waals surface area contributed by atoms with Crippen LogP contribution in [0.15, 0.2) is 36.4 Å². The molecule has 5 N–H and O–H groups in total. The van der Waals surface area contributed by atoms with Gasteiger partial charge < -0.3 is 35.2 Å². The van der Waals surface area contributed by atoms with Crippen molar-refractivity contribution in [2.75, 3.05) is 5.32 Å². The van der Waals surface area contributed by atoms with Crippen LogP contribution < -0.4 is 10.1 Å². The molecule has 0 aromatic heterocycles. The third-order valence-corrected chi connectivity index (χ3v) is 4.20. The van der Waals surface area contributed by atoms with Crippen molar-refractivity contribution >= 4 is 28.3 Å². The van der Waals surface area contributed by atoms with Crippen LogP contribution in [0.3, 0.4) is 0 Å². The summed E-state index contributed by atoms with van der Waals surface area (Å²) in [4.78, 5) is 22.3. The van der Waals surface area contributed by atoms with Gasteiger partial charge in [-0.15, -0.1) is 0 Å². The van der Waals surface area contributed by atoms with E-state index >= 15 is 0 Å². The highest BCUT2D eigenvalue weighted by Gasteiger charge is 2.48. The first-order chi connectivity index (χ1) is 12.8. The second-order valence-corrected chi connectivity index (χ2v) is 6.26. The van der Waals surface area contributed by atoms with E-state index in [0.717, 1.165) is 10.8 Å². The molecule has 9 nitrogen and oxygen atoms in total. The maximum atomic E-state index is 11.1. The lowest BCUT2D eigenvalue weighted by molar-refractivity contribution is -0.271. The van der Waals surface area contributed by atoms with Crippen LogP contribution in [-0.2, 0) is 14.3 Å². The molecule has 3 rings (SSSR count). The zero-order chi connectivity index (χ0) is 19.7. The lowest BCUT2D eigenvalue weighted by Gasteiger charge is -2.38. The molecule has 9 heteroatoms. The third-order valence-electron chi connectivity index (χ3n) is 4.20. The number of hydrogen-bond acceptors (Lipinski definition) is 7. The summed E-state index contributed by atoms with van der Waals surface area (Å²) >= 11 is 0. The van der Waals surface area contributed by atoms with Crippen molar-refractivity contribution in [2.45, 2.75) is 37.6 Å². The molecule has 1 amide bonds. The van der Waals surface area contributed by atoms with E-state index in [2.05, 4.69) is 5.32 Å². The van der Waals surface area contributed by atoms with E-state index in [1.807, 2.05) is 0 Å². The highest BCUT2D eigenvalue weighted by atomic mass is 16.7. The number of aliphatic carboxylic acids is 1. The van der Waals surface area contributed by atoms with E-state index < -0.39 is 36.7 Å². The van der Waals surface area contributed by atoms with E-state index in [0.29, 0.717) is 5.69 Å². The summed E-state index contributed by atoms with van der Waals surface area (Å²) in [6, 6.07) is 10.2.